The molecule has 1 atom stereocenters. The van der Waals surface area contributed by atoms with Crippen molar-refractivity contribution in [2.45, 2.75) is 39.2 Å². The van der Waals surface area contributed by atoms with E-state index in [-0.39, 0.29) is 17.5 Å². The predicted molar refractivity (Wildman–Crippen MR) is 95.3 cm³/mol. The Morgan fingerprint density at radius 2 is 2.12 bits per heavy atom. The summed E-state index contributed by atoms with van der Waals surface area (Å²) in [6, 6.07) is 4.94. The number of hydrogen-bond donors (Lipinski definition) is 2. The normalized spacial score (nSPS) is 17.3. The Hall–Kier alpha value is -2.24. The molecular formula is C18H27N3O3. The second-order valence-corrected chi connectivity index (χ2v) is 6.94. The molecule has 1 amide bonds. The first-order valence-electron chi connectivity index (χ1n) is 8.43. The van der Waals surface area contributed by atoms with Gasteiger partial charge in [0.2, 0.25) is 5.91 Å². The minimum absolute atomic E-state index is 0.180. The maximum atomic E-state index is 12.4. The number of carbonyl (C=O) groups excluding carboxylic acids is 1. The fourth-order valence-electron chi connectivity index (χ4n) is 3.27. The van der Waals surface area contributed by atoms with Crippen molar-refractivity contribution in [2.24, 2.45) is 5.92 Å². The molecule has 0 aromatic heterocycles. The largest absolute Gasteiger partial charge is 0.478 e. The Morgan fingerprint density at radius 3 is 2.71 bits per heavy atom. The topological polar surface area (TPSA) is 86.9 Å². The number of rotatable bonds is 6. The molecule has 1 aromatic rings. The molecule has 24 heavy (non-hydrogen) atoms. The van der Waals surface area contributed by atoms with E-state index < -0.39 is 5.97 Å². The first-order chi connectivity index (χ1) is 11.3. The van der Waals surface area contributed by atoms with Crippen molar-refractivity contribution in [1.82, 2.24) is 4.90 Å². The Morgan fingerprint density at radius 1 is 1.42 bits per heavy atom. The van der Waals surface area contributed by atoms with Crippen LogP contribution in [0.3, 0.4) is 0 Å². The average molecular weight is 333 g/mol. The summed E-state index contributed by atoms with van der Waals surface area (Å²) >= 11 is 0. The van der Waals surface area contributed by atoms with Crippen molar-refractivity contribution < 1.29 is 14.7 Å². The number of likely N-dealkylation sites (N-methyl/N-ethyl adjacent to an activating group) is 1. The summed E-state index contributed by atoms with van der Waals surface area (Å²) in [5, 5.41) is 9.02. The molecule has 0 aliphatic carbocycles. The van der Waals surface area contributed by atoms with E-state index in [2.05, 4.69) is 13.8 Å². The van der Waals surface area contributed by atoms with E-state index in [0.717, 1.165) is 25.1 Å². The third-order valence-electron chi connectivity index (χ3n) is 4.45. The number of carbonyl (C=O) groups is 2. The zero-order valence-corrected chi connectivity index (χ0v) is 14.7. The van der Waals surface area contributed by atoms with Gasteiger partial charge in [0.25, 0.3) is 0 Å². The van der Waals surface area contributed by atoms with E-state index in [1.807, 2.05) is 16.8 Å². The van der Waals surface area contributed by atoms with Gasteiger partial charge in [-0.15, -0.1) is 0 Å². The van der Waals surface area contributed by atoms with Gasteiger partial charge >= 0.3 is 5.97 Å². The molecule has 132 valence electrons. The molecule has 3 N–H and O–H groups in total. The van der Waals surface area contributed by atoms with Crippen LogP contribution in [0.4, 0.5) is 11.4 Å². The quantitative estimate of drug-likeness (QED) is 0.781. The first-order valence-corrected chi connectivity index (χ1v) is 8.43. The fourth-order valence-corrected chi connectivity index (χ4v) is 3.27. The lowest BCUT2D eigenvalue weighted by atomic mass is 10.1. The highest BCUT2D eigenvalue weighted by Gasteiger charge is 2.30. The lowest BCUT2D eigenvalue weighted by molar-refractivity contribution is -0.132. The molecule has 0 bridgehead atoms. The minimum Gasteiger partial charge on any atom is -0.478 e. The maximum absolute atomic E-state index is 12.4. The van der Waals surface area contributed by atoms with Crippen LogP contribution < -0.4 is 10.6 Å². The molecule has 1 saturated heterocycles. The van der Waals surface area contributed by atoms with E-state index in [1.165, 1.54) is 6.07 Å². The van der Waals surface area contributed by atoms with E-state index in [0.29, 0.717) is 24.6 Å². The fraction of sp³-hybridized carbons (Fsp3) is 0.556. The first kappa shape index (κ1) is 18.1. The molecule has 1 aliphatic heterocycles. The molecule has 6 heteroatoms. The predicted octanol–water partition coefficient (Wildman–Crippen LogP) is 2.44. The molecule has 0 saturated carbocycles. The lowest BCUT2D eigenvalue weighted by Crippen LogP contribution is -2.42. The lowest BCUT2D eigenvalue weighted by Gasteiger charge is -2.31. The number of carboxylic acids is 1. The molecule has 1 heterocycles. The Labute approximate surface area is 143 Å². The highest BCUT2D eigenvalue weighted by Crippen LogP contribution is 2.26. The number of benzene rings is 1. The molecule has 0 spiro atoms. The monoisotopic (exact) mass is 333 g/mol. The Bertz CT molecular complexity index is 616. The third kappa shape index (κ3) is 4.19. The van der Waals surface area contributed by atoms with Crippen LogP contribution in [-0.4, -0.2) is 48.1 Å². The standard InChI is InChI=1S/C18H27N3O3/c1-12(2)9-17(22)21-8-4-5-14(21)11-20(3)16-7-6-13(18(23)24)10-15(16)19/h6-7,10,12,14H,4-5,8-9,11,19H2,1-3H3,(H,23,24)/t14-/m0/s1. The average Bonchev–Trinajstić information content (AvgIpc) is 2.94. The smallest absolute Gasteiger partial charge is 0.335 e. The van der Waals surface area contributed by atoms with Crippen LogP contribution in [-0.2, 0) is 4.79 Å². The summed E-state index contributed by atoms with van der Waals surface area (Å²) in [7, 11) is 1.93. The van der Waals surface area contributed by atoms with Crippen LogP contribution in [0.1, 0.15) is 43.5 Å². The molecule has 1 aromatic carbocycles. The van der Waals surface area contributed by atoms with Gasteiger partial charge in [-0.3, -0.25) is 4.79 Å². The number of carboxylic acid groups (broad SMARTS) is 1. The van der Waals surface area contributed by atoms with Gasteiger partial charge in [-0.1, -0.05) is 13.8 Å². The highest BCUT2D eigenvalue weighted by molar-refractivity contribution is 5.90. The highest BCUT2D eigenvalue weighted by atomic mass is 16.4. The molecule has 0 unspecified atom stereocenters. The van der Waals surface area contributed by atoms with Crippen molar-refractivity contribution in [3.8, 4) is 0 Å². The van der Waals surface area contributed by atoms with Crippen LogP contribution in [0, 0.1) is 5.92 Å². The van der Waals surface area contributed by atoms with E-state index in [1.54, 1.807) is 12.1 Å². The van der Waals surface area contributed by atoms with Gasteiger partial charge in [-0.25, -0.2) is 4.79 Å². The van der Waals surface area contributed by atoms with Crippen LogP contribution in [0.15, 0.2) is 18.2 Å². The van der Waals surface area contributed by atoms with Crippen molar-refractivity contribution in [2.75, 3.05) is 30.8 Å². The molecular weight excluding hydrogens is 306 g/mol. The van der Waals surface area contributed by atoms with Gasteiger partial charge in [-0.05, 0) is 37.0 Å². The van der Waals surface area contributed by atoms with Crippen molar-refractivity contribution in [1.29, 1.82) is 0 Å². The van der Waals surface area contributed by atoms with E-state index in [4.69, 9.17) is 10.8 Å². The van der Waals surface area contributed by atoms with Gasteiger partial charge in [-0.2, -0.15) is 0 Å². The van der Waals surface area contributed by atoms with Crippen LogP contribution in [0.2, 0.25) is 0 Å². The molecule has 6 nitrogen and oxygen atoms in total. The summed E-state index contributed by atoms with van der Waals surface area (Å²) in [4.78, 5) is 27.4. The number of anilines is 2. The second kappa shape index (κ2) is 7.55. The number of nitrogen functional groups attached to an aromatic ring is 1. The summed E-state index contributed by atoms with van der Waals surface area (Å²) < 4.78 is 0. The number of nitrogens with two attached hydrogens (primary N) is 1. The summed E-state index contributed by atoms with van der Waals surface area (Å²) in [5.74, 6) is -0.414. The molecule has 2 rings (SSSR count). The minimum atomic E-state index is -0.989. The van der Waals surface area contributed by atoms with E-state index in [9.17, 15) is 9.59 Å². The van der Waals surface area contributed by atoms with Crippen LogP contribution in [0.5, 0.6) is 0 Å². The maximum Gasteiger partial charge on any atom is 0.335 e. The number of hydrogen-bond acceptors (Lipinski definition) is 4. The van der Waals surface area contributed by atoms with Gasteiger partial charge in [0.05, 0.1) is 16.9 Å². The van der Waals surface area contributed by atoms with Gasteiger partial charge in [0.15, 0.2) is 0 Å². The SMILES string of the molecule is CC(C)CC(=O)N1CCC[C@H]1CN(C)c1ccc(C(=O)O)cc1N. The van der Waals surface area contributed by atoms with Crippen LogP contribution in [0.25, 0.3) is 0 Å². The zero-order chi connectivity index (χ0) is 17.9. The summed E-state index contributed by atoms with van der Waals surface area (Å²) in [5.41, 5.74) is 7.42. The summed E-state index contributed by atoms with van der Waals surface area (Å²) in [6.45, 7) is 5.62. The van der Waals surface area contributed by atoms with E-state index >= 15 is 0 Å². The number of amides is 1. The number of nitrogens with zero attached hydrogens (tertiary/aromatic N) is 2. The molecule has 0 radical (unpaired) electrons. The zero-order valence-electron chi connectivity index (χ0n) is 14.7. The number of likely N-dealkylation sites (tertiary alicyclic amines) is 1. The Balaban J connectivity index is 2.07. The van der Waals surface area contributed by atoms with Gasteiger partial charge < -0.3 is 20.6 Å². The third-order valence-corrected chi connectivity index (χ3v) is 4.45. The summed E-state index contributed by atoms with van der Waals surface area (Å²) in [6.07, 6.45) is 2.59. The Kier molecular flexibility index (Phi) is 5.70. The molecule has 1 aliphatic rings. The molecule has 1 fully saturated rings. The van der Waals surface area contributed by atoms with Crippen molar-refractivity contribution in [3.63, 3.8) is 0 Å². The van der Waals surface area contributed by atoms with Crippen molar-refractivity contribution >= 4 is 23.3 Å². The van der Waals surface area contributed by atoms with Gasteiger partial charge in [0, 0.05) is 32.6 Å². The number of aromatic carboxylic acids is 1. The van der Waals surface area contributed by atoms with Crippen molar-refractivity contribution in [3.05, 3.63) is 23.8 Å². The van der Waals surface area contributed by atoms with Gasteiger partial charge in [0.1, 0.15) is 0 Å². The van der Waals surface area contributed by atoms with Crippen LogP contribution >= 0.6 is 0 Å². The second-order valence-electron chi connectivity index (χ2n) is 6.94.